The van der Waals surface area contributed by atoms with Gasteiger partial charge in [0.2, 0.25) is 0 Å². The van der Waals surface area contributed by atoms with Crippen molar-refractivity contribution >= 4 is 28.6 Å². The molecule has 0 unspecified atom stereocenters. The van der Waals surface area contributed by atoms with Gasteiger partial charge in [0.1, 0.15) is 0 Å². The van der Waals surface area contributed by atoms with E-state index in [9.17, 15) is 84.5 Å². The molecule has 0 aromatic carbocycles. The molecule has 1 rings (SSSR count). The van der Waals surface area contributed by atoms with E-state index in [4.69, 9.17) is 0 Å². The molecule has 0 spiro atoms. The number of rotatable bonds is 11. The molecule has 0 heterocycles. The first kappa shape index (κ1) is 35.3. The molecule has 1 aliphatic rings. The Hall–Kier alpha value is -1.77. The predicted octanol–water partition coefficient (Wildman–Crippen LogP) is 7.49. The molecule has 39 heavy (non-hydrogen) atoms. The average Bonchev–Trinajstić information content (AvgIpc) is 2.71. The van der Waals surface area contributed by atoms with Crippen molar-refractivity contribution in [2.24, 2.45) is 0 Å². The number of carbonyl (C=O) groups is 1. The van der Waals surface area contributed by atoms with Gasteiger partial charge in [0.25, 0.3) is 0 Å². The molecule has 0 aromatic rings. The lowest BCUT2D eigenvalue weighted by molar-refractivity contribution is -0.440. The highest BCUT2D eigenvalue weighted by atomic mass is 127. The van der Waals surface area contributed by atoms with Crippen LogP contribution in [0, 0.1) is 0 Å². The molecule has 0 N–H and O–H groups in total. The van der Waals surface area contributed by atoms with E-state index >= 15 is 0 Å². The molecular weight excluding hydrogens is 710 g/mol. The SMILES string of the molecule is O=C([O-])C1=C(CCC=CCCC(F)(F)C(F)(F)C(F)(F)C(F)(F)C(F)(F)C(F)(F)F)C(I)=CC(F)(F)C1(F)F. The third kappa shape index (κ3) is 5.84. The van der Waals surface area contributed by atoms with Crippen LogP contribution in [-0.4, -0.2) is 53.6 Å². The summed E-state index contributed by atoms with van der Waals surface area (Å²) in [6.07, 6.45) is -12.3. The summed E-state index contributed by atoms with van der Waals surface area (Å²) < 4.78 is 224. The molecule has 20 heteroatoms. The summed E-state index contributed by atoms with van der Waals surface area (Å²) in [7, 11) is 0. The second-order valence-corrected chi connectivity index (χ2v) is 9.04. The van der Waals surface area contributed by atoms with Gasteiger partial charge in [-0.2, -0.15) is 74.6 Å². The van der Waals surface area contributed by atoms with E-state index in [1.54, 1.807) is 0 Å². The van der Waals surface area contributed by atoms with Crippen molar-refractivity contribution in [2.45, 2.75) is 73.3 Å². The number of carboxylic acids is 1. The lowest BCUT2D eigenvalue weighted by Gasteiger charge is -2.39. The Balaban J connectivity index is 3.06. The minimum Gasteiger partial charge on any atom is -0.545 e. The minimum atomic E-state index is -8.03. The normalized spacial score (nSPS) is 19.5. The van der Waals surface area contributed by atoms with Gasteiger partial charge in [0.15, 0.2) is 0 Å². The minimum absolute atomic E-state index is 0.292. The molecule has 0 saturated heterocycles. The van der Waals surface area contributed by atoms with Crippen molar-refractivity contribution in [1.82, 2.24) is 0 Å². The topological polar surface area (TPSA) is 40.1 Å². The Labute approximate surface area is 219 Å². The Morgan fingerprint density at radius 2 is 1.21 bits per heavy atom. The highest BCUT2D eigenvalue weighted by Crippen LogP contribution is 2.60. The predicted molar refractivity (Wildman–Crippen MR) is 102 cm³/mol. The van der Waals surface area contributed by atoms with E-state index in [2.05, 4.69) is 0 Å². The molecular formula is C19H11F17IO2-. The highest BCUT2D eigenvalue weighted by Gasteiger charge is 2.90. The summed E-state index contributed by atoms with van der Waals surface area (Å²) in [5, 5.41) is 11.0. The summed E-state index contributed by atoms with van der Waals surface area (Å²) in [6, 6.07) is 0. The number of halogens is 18. The van der Waals surface area contributed by atoms with E-state index < -0.39 is 94.0 Å². The van der Waals surface area contributed by atoms with Crippen molar-refractivity contribution in [2.75, 3.05) is 0 Å². The second kappa shape index (κ2) is 10.6. The molecule has 0 saturated carbocycles. The fourth-order valence-corrected chi connectivity index (χ4v) is 3.93. The molecule has 2 nitrogen and oxygen atoms in total. The van der Waals surface area contributed by atoms with Gasteiger partial charge in [0, 0.05) is 16.1 Å². The maximum absolute atomic E-state index is 13.8. The third-order valence-electron chi connectivity index (χ3n) is 5.19. The Morgan fingerprint density at radius 1 is 0.769 bits per heavy atom. The van der Waals surface area contributed by atoms with Gasteiger partial charge < -0.3 is 9.90 Å². The molecule has 1 aliphatic carbocycles. The van der Waals surface area contributed by atoms with E-state index in [-0.39, 0.29) is 6.08 Å². The number of hydrogen-bond donors (Lipinski definition) is 0. The fourth-order valence-electron chi connectivity index (χ4n) is 3.00. The van der Waals surface area contributed by atoms with Crippen LogP contribution in [-0.2, 0) is 4.79 Å². The summed E-state index contributed by atoms with van der Waals surface area (Å²) in [5.41, 5.74) is -3.03. The summed E-state index contributed by atoms with van der Waals surface area (Å²) in [6.45, 7) is 0. The molecule has 226 valence electrons. The lowest BCUT2D eigenvalue weighted by atomic mass is 9.88. The monoisotopic (exact) mass is 721 g/mol. The summed E-state index contributed by atoms with van der Waals surface area (Å²) in [4.78, 5) is 11.0. The standard InChI is InChI=1S/C19H12F17IO2/c20-12(21,15(26,27)16(28,29)17(30,31)18(32,33)19(34,35)36)6-4-2-1-3-5-8-9(37)7-13(22,23)14(24,25)10(8)11(38)39/h1-2,7H,3-6H2,(H,38,39)/p-1. The van der Waals surface area contributed by atoms with Gasteiger partial charge in [-0.1, -0.05) is 12.2 Å². The first-order chi connectivity index (χ1) is 17.0. The fraction of sp³-hybridized carbons (Fsp3) is 0.632. The number of aliphatic carboxylic acids is 1. The van der Waals surface area contributed by atoms with Gasteiger partial charge in [-0.3, -0.25) is 0 Å². The Bertz CT molecular complexity index is 1040. The molecule has 0 aliphatic heterocycles. The Kier molecular flexibility index (Phi) is 9.55. The Morgan fingerprint density at radius 3 is 1.64 bits per heavy atom. The smallest absolute Gasteiger partial charge is 0.460 e. The van der Waals surface area contributed by atoms with Crippen LogP contribution in [0.3, 0.4) is 0 Å². The maximum Gasteiger partial charge on any atom is 0.460 e. The van der Waals surface area contributed by atoms with E-state index in [0.717, 1.165) is 22.6 Å². The van der Waals surface area contributed by atoms with Crippen molar-refractivity contribution in [1.29, 1.82) is 0 Å². The molecule has 0 radical (unpaired) electrons. The zero-order valence-corrected chi connectivity index (χ0v) is 20.3. The molecule has 0 atom stereocenters. The van der Waals surface area contributed by atoms with Crippen molar-refractivity contribution < 1.29 is 84.5 Å². The first-order valence-electron chi connectivity index (χ1n) is 9.74. The lowest BCUT2D eigenvalue weighted by Crippen LogP contribution is -2.70. The van der Waals surface area contributed by atoms with Crippen LogP contribution in [0.25, 0.3) is 0 Å². The van der Waals surface area contributed by atoms with Gasteiger partial charge in [-0.25, -0.2) is 0 Å². The maximum atomic E-state index is 13.8. The van der Waals surface area contributed by atoms with Crippen LogP contribution in [0.15, 0.2) is 33.0 Å². The van der Waals surface area contributed by atoms with E-state index in [1.165, 1.54) is 0 Å². The molecule has 0 bridgehead atoms. The highest BCUT2D eigenvalue weighted by molar-refractivity contribution is 14.1. The number of carbonyl (C=O) groups excluding carboxylic acids is 1. The van der Waals surface area contributed by atoms with Crippen molar-refractivity contribution in [3.8, 4) is 0 Å². The summed E-state index contributed by atoms with van der Waals surface area (Å²) in [5.74, 6) is -50.5. The van der Waals surface area contributed by atoms with Crippen LogP contribution in [0.2, 0.25) is 0 Å². The molecule has 0 amide bonds. The van der Waals surface area contributed by atoms with Crippen LogP contribution >= 0.6 is 22.6 Å². The zero-order valence-electron chi connectivity index (χ0n) is 18.2. The van der Waals surface area contributed by atoms with Gasteiger partial charge >= 0.3 is 47.6 Å². The number of alkyl halides is 17. The largest absolute Gasteiger partial charge is 0.545 e. The van der Waals surface area contributed by atoms with Gasteiger partial charge in [-0.15, -0.1) is 0 Å². The zero-order chi connectivity index (χ0) is 31.3. The number of allylic oxidation sites excluding steroid dienone is 5. The third-order valence-corrected chi connectivity index (χ3v) is 6.15. The van der Waals surface area contributed by atoms with Crippen molar-refractivity contribution in [3.63, 3.8) is 0 Å². The van der Waals surface area contributed by atoms with Crippen LogP contribution < -0.4 is 5.11 Å². The van der Waals surface area contributed by atoms with Crippen LogP contribution in [0.4, 0.5) is 74.6 Å². The van der Waals surface area contributed by atoms with E-state index in [1.807, 2.05) is 0 Å². The average molecular weight is 721 g/mol. The van der Waals surface area contributed by atoms with Crippen LogP contribution in [0.1, 0.15) is 25.7 Å². The van der Waals surface area contributed by atoms with Crippen molar-refractivity contribution in [3.05, 3.63) is 33.0 Å². The van der Waals surface area contributed by atoms with E-state index in [0.29, 0.717) is 12.2 Å². The first-order valence-corrected chi connectivity index (χ1v) is 10.8. The number of carboxylic acid groups (broad SMARTS) is 1. The summed E-state index contributed by atoms with van der Waals surface area (Å²) >= 11 is 1.06. The quantitative estimate of drug-likeness (QED) is 0.126. The van der Waals surface area contributed by atoms with Gasteiger partial charge in [-0.05, 0) is 47.4 Å². The van der Waals surface area contributed by atoms with Gasteiger partial charge in [0.05, 0.1) is 11.5 Å². The van der Waals surface area contributed by atoms with Crippen LogP contribution in [0.5, 0.6) is 0 Å². The number of hydrogen-bond acceptors (Lipinski definition) is 2. The second-order valence-electron chi connectivity index (χ2n) is 7.88. The molecule has 0 fully saturated rings. The molecule has 0 aromatic heterocycles.